The highest BCUT2D eigenvalue weighted by Crippen LogP contribution is 2.43. The smallest absolute Gasteiger partial charge is 0.456 e. The van der Waals surface area contributed by atoms with Crippen molar-refractivity contribution in [2.45, 2.75) is 354 Å². The van der Waals surface area contributed by atoms with Crippen LogP contribution < -0.4 is 5.32 Å². The van der Waals surface area contributed by atoms with Gasteiger partial charge in [-0.05, 0) is 83.1 Å². The Morgan fingerprint density at radius 2 is 0.734 bits per heavy atom. The van der Waals surface area contributed by atoms with E-state index in [1.54, 1.807) is 0 Å². The van der Waals surface area contributed by atoms with Crippen LogP contribution >= 0.6 is 7.82 Å². The molecule has 1 amide bonds. The zero-order chi connectivity index (χ0) is 57.9. The summed E-state index contributed by atoms with van der Waals surface area (Å²) in [5.74, 6) is -0.495. The van der Waals surface area contributed by atoms with Crippen molar-refractivity contribution in [3.63, 3.8) is 0 Å². The highest BCUT2D eigenvalue weighted by atomic mass is 31.2. The number of hydrogen-bond acceptors (Lipinski definition) is 6. The molecule has 0 rings (SSSR count). The van der Waals surface area contributed by atoms with Crippen molar-refractivity contribution < 1.29 is 37.3 Å². The zero-order valence-corrected chi connectivity index (χ0v) is 54.3. The van der Waals surface area contributed by atoms with E-state index in [1.165, 1.54) is 250 Å². The summed E-state index contributed by atoms with van der Waals surface area (Å²) >= 11 is 0. The number of carbonyl (C=O) groups excluding carboxylic acids is 2. The lowest BCUT2D eigenvalue weighted by Gasteiger charge is -2.27. The Balaban J connectivity index is 5.02. The number of rotatable bonds is 63. The molecule has 0 heterocycles. The van der Waals surface area contributed by atoms with Gasteiger partial charge in [0.1, 0.15) is 19.3 Å². The maximum atomic E-state index is 13.6. The fraction of sp³-hybridized carbons (Fsp3) is 0.884. The minimum Gasteiger partial charge on any atom is -0.456 e. The van der Waals surface area contributed by atoms with Gasteiger partial charge in [-0.2, -0.15) is 0 Å². The number of phosphoric ester groups is 1. The Morgan fingerprint density at radius 1 is 0.430 bits per heavy atom. The lowest BCUT2D eigenvalue weighted by Crippen LogP contribution is -2.47. The van der Waals surface area contributed by atoms with E-state index in [9.17, 15) is 19.0 Å². The van der Waals surface area contributed by atoms with Crippen LogP contribution in [0.5, 0.6) is 0 Å². The molecule has 466 valence electrons. The lowest BCUT2D eigenvalue weighted by atomic mass is 10.0. The molecule has 0 bridgehead atoms. The first-order valence-corrected chi connectivity index (χ1v) is 35.8. The van der Waals surface area contributed by atoms with Crippen LogP contribution in [0, 0.1) is 0 Å². The van der Waals surface area contributed by atoms with Crippen LogP contribution in [0.3, 0.4) is 0 Å². The number of quaternary nitrogens is 1. The van der Waals surface area contributed by atoms with Crippen LogP contribution in [0.25, 0.3) is 0 Å². The molecule has 10 heteroatoms. The number of carbonyl (C=O) groups is 2. The largest absolute Gasteiger partial charge is 0.472 e. The number of nitrogens with one attached hydrogen (secondary N) is 1. The van der Waals surface area contributed by atoms with Crippen molar-refractivity contribution in [2.24, 2.45) is 0 Å². The van der Waals surface area contributed by atoms with Crippen LogP contribution in [0.2, 0.25) is 0 Å². The topological polar surface area (TPSA) is 111 Å². The fourth-order valence-corrected chi connectivity index (χ4v) is 11.0. The fourth-order valence-electron chi connectivity index (χ4n) is 10.2. The average molecular weight is 1130 g/mol. The van der Waals surface area contributed by atoms with Gasteiger partial charge in [0.2, 0.25) is 5.91 Å². The number of hydrogen-bond donors (Lipinski definition) is 2. The number of nitrogens with zero attached hydrogens (tertiary/aromatic N) is 1. The van der Waals surface area contributed by atoms with Crippen molar-refractivity contribution in [3.05, 3.63) is 36.5 Å². The quantitative estimate of drug-likeness (QED) is 0.0205. The lowest BCUT2D eigenvalue weighted by molar-refractivity contribution is -0.870. The summed E-state index contributed by atoms with van der Waals surface area (Å²) < 4.78 is 30.8. The van der Waals surface area contributed by atoms with Crippen LogP contribution in [0.15, 0.2) is 36.5 Å². The number of allylic oxidation sites excluding steroid dienone is 5. The molecule has 0 fully saturated rings. The van der Waals surface area contributed by atoms with Crippen molar-refractivity contribution in [2.75, 3.05) is 40.9 Å². The first kappa shape index (κ1) is 77.2. The second kappa shape index (κ2) is 59.4. The summed E-state index contributed by atoms with van der Waals surface area (Å²) in [6, 6.07) is -0.847. The van der Waals surface area contributed by atoms with E-state index >= 15 is 0 Å². The Kier molecular flexibility index (Phi) is 58.1. The molecule has 0 aromatic rings. The standard InChI is InChI=1S/C69H133N2O7P/c1-7-10-13-16-19-22-25-27-29-31-32-33-34-35-36-37-38-40-42-44-47-50-53-56-59-62-69(73)78-67(60-57-54-51-48-45-24-21-18-15-12-9-3)66(65-77-79(74,75)76-64-63-71(4,5)6)70-68(72)61-58-55-52-49-46-43-41-39-30-28-26-23-20-17-14-11-8-2/h27-30,57,60,66-67H,7-26,31-56,58-59,61-65H2,1-6H3,(H-,70,72,74,75)/p+1/b29-27+,30-28+,60-57-. The molecule has 0 aliphatic heterocycles. The van der Waals surface area contributed by atoms with Gasteiger partial charge < -0.3 is 19.4 Å². The van der Waals surface area contributed by atoms with E-state index in [1.807, 2.05) is 33.3 Å². The van der Waals surface area contributed by atoms with Gasteiger partial charge in [0, 0.05) is 12.8 Å². The van der Waals surface area contributed by atoms with Gasteiger partial charge in [-0.15, -0.1) is 0 Å². The third-order valence-electron chi connectivity index (χ3n) is 15.6. The number of phosphoric acid groups is 1. The molecule has 2 N–H and O–H groups in total. The number of amides is 1. The summed E-state index contributed by atoms with van der Waals surface area (Å²) in [6.45, 7) is 7.04. The number of unbranched alkanes of at least 4 members (excludes halogenated alkanes) is 43. The van der Waals surface area contributed by atoms with E-state index in [2.05, 4.69) is 50.4 Å². The maximum Gasteiger partial charge on any atom is 0.472 e. The molecule has 0 aromatic heterocycles. The van der Waals surface area contributed by atoms with Gasteiger partial charge in [0.25, 0.3) is 0 Å². The molecule has 0 aromatic carbocycles. The zero-order valence-electron chi connectivity index (χ0n) is 53.4. The average Bonchev–Trinajstić information content (AvgIpc) is 3.41. The highest BCUT2D eigenvalue weighted by molar-refractivity contribution is 7.47. The SMILES string of the molecule is CCCCCCCC/C=C/CCCCCCCCCCCCCCCCCC(=O)OC(/C=C\CCCCCCCCCCC)C(COP(=O)(O)OCC[N+](C)(C)C)NC(=O)CCCCCCCCC/C=C/CCCCCCCC. The normalized spacial score (nSPS) is 13.8. The third-order valence-corrected chi connectivity index (χ3v) is 16.5. The Bertz CT molecular complexity index is 1450. The molecule has 3 unspecified atom stereocenters. The van der Waals surface area contributed by atoms with E-state index in [4.69, 9.17) is 13.8 Å². The van der Waals surface area contributed by atoms with Crippen molar-refractivity contribution in [1.29, 1.82) is 0 Å². The summed E-state index contributed by atoms with van der Waals surface area (Å²) in [4.78, 5) is 37.8. The summed E-state index contributed by atoms with van der Waals surface area (Å²) in [6.07, 6.45) is 73.0. The Hall–Kier alpha value is -1.77. The summed E-state index contributed by atoms with van der Waals surface area (Å²) in [5.41, 5.74) is 0. The molecule has 0 saturated heterocycles. The Morgan fingerprint density at radius 3 is 1.08 bits per heavy atom. The molecule has 79 heavy (non-hydrogen) atoms. The molecule has 3 atom stereocenters. The van der Waals surface area contributed by atoms with E-state index < -0.39 is 20.0 Å². The molecule has 0 aliphatic rings. The monoisotopic (exact) mass is 1130 g/mol. The van der Waals surface area contributed by atoms with Crippen LogP contribution in [0.1, 0.15) is 342 Å². The van der Waals surface area contributed by atoms with Gasteiger partial charge in [0.15, 0.2) is 0 Å². The molecule has 9 nitrogen and oxygen atoms in total. The summed E-state index contributed by atoms with van der Waals surface area (Å²) in [5, 5.41) is 3.06. The maximum absolute atomic E-state index is 13.6. The number of ether oxygens (including phenoxy) is 1. The minimum atomic E-state index is -4.45. The number of esters is 1. The van der Waals surface area contributed by atoms with E-state index in [0.717, 1.165) is 57.8 Å². The van der Waals surface area contributed by atoms with Gasteiger partial charge in [0.05, 0.1) is 33.8 Å². The van der Waals surface area contributed by atoms with Crippen molar-refractivity contribution in [3.8, 4) is 0 Å². The molecular weight excluding hydrogens is 1000 g/mol. The van der Waals surface area contributed by atoms with E-state index in [0.29, 0.717) is 23.9 Å². The van der Waals surface area contributed by atoms with Crippen molar-refractivity contribution >= 4 is 19.7 Å². The first-order chi connectivity index (χ1) is 38.4. The van der Waals surface area contributed by atoms with Crippen molar-refractivity contribution in [1.82, 2.24) is 5.32 Å². The van der Waals surface area contributed by atoms with Gasteiger partial charge in [-0.25, -0.2) is 4.57 Å². The molecular formula is C69H134N2O7P+. The number of likely N-dealkylation sites (N-methyl/N-ethyl adjacent to an activating group) is 1. The highest BCUT2D eigenvalue weighted by Gasteiger charge is 2.30. The third kappa shape index (κ3) is 60.6. The minimum absolute atomic E-state index is 0.0417. The van der Waals surface area contributed by atoms with Crippen LogP contribution in [-0.2, 0) is 27.9 Å². The van der Waals surface area contributed by atoms with Gasteiger partial charge in [-0.1, -0.05) is 282 Å². The second-order valence-electron chi connectivity index (χ2n) is 24.7. The molecule has 0 spiro atoms. The molecule has 0 radical (unpaired) electrons. The van der Waals surface area contributed by atoms with E-state index in [-0.39, 0.29) is 25.1 Å². The van der Waals surface area contributed by atoms with Gasteiger partial charge >= 0.3 is 13.8 Å². The van der Waals surface area contributed by atoms with Gasteiger partial charge in [-0.3, -0.25) is 18.6 Å². The molecule has 0 aliphatic carbocycles. The van der Waals surface area contributed by atoms with Crippen LogP contribution in [0.4, 0.5) is 0 Å². The predicted molar refractivity (Wildman–Crippen MR) is 342 cm³/mol. The summed E-state index contributed by atoms with van der Waals surface area (Å²) in [7, 11) is 1.51. The molecule has 0 saturated carbocycles. The Labute approximate surface area is 491 Å². The van der Waals surface area contributed by atoms with Crippen LogP contribution in [-0.4, -0.2) is 74.3 Å². The first-order valence-electron chi connectivity index (χ1n) is 34.3. The predicted octanol–water partition coefficient (Wildman–Crippen LogP) is 21.5. The second-order valence-corrected chi connectivity index (χ2v) is 26.1.